The molecular formula is C15H12FN5O. The number of halogens is 1. The summed E-state index contributed by atoms with van der Waals surface area (Å²) in [4.78, 5) is 11.9. The van der Waals surface area contributed by atoms with E-state index in [9.17, 15) is 9.18 Å². The molecule has 1 amide bonds. The fourth-order valence-electron chi connectivity index (χ4n) is 1.98. The van der Waals surface area contributed by atoms with Gasteiger partial charge in [0, 0.05) is 11.3 Å². The highest BCUT2D eigenvalue weighted by molar-refractivity contribution is 5.92. The average molecular weight is 297 g/mol. The second kappa shape index (κ2) is 6.13. The van der Waals surface area contributed by atoms with Gasteiger partial charge in [0.05, 0.1) is 6.42 Å². The number of nitrogens with one attached hydrogen (secondary N) is 2. The third-order valence-corrected chi connectivity index (χ3v) is 3.05. The second-order valence-corrected chi connectivity index (χ2v) is 4.66. The van der Waals surface area contributed by atoms with Gasteiger partial charge < -0.3 is 5.32 Å². The van der Waals surface area contributed by atoms with Crippen molar-refractivity contribution in [2.45, 2.75) is 6.42 Å². The largest absolute Gasteiger partial charge is 0.326 e. The van der Waals surface area contributed by atoms with Gasteiger partial charge in [-0.05, 0) is 47.2 Å². The van der Waals surface area contributed by atoms with Crippen molar-refractivity contribution in [3.63, 3.8) is 0 Å². The number of hydrogen-bond donors (Lipinski definition) is 2. The van der Waals surface area contributed by atoms with Crippen molar-refractivity contribution in [3.8, 4) is 11.4 Å². The fraction of sp³-hybridized carbons (Fsp3) is 0.0667. The standard InChI is InChI=1S/C15H12FN5O/c16-12-5-1-10(2-6-12)9-14(22)17-13-7-3-11(4-8-13)15-18-20-21-19-15/h1-8H,9H2,(H,17,22)(H,18,19,20,21). The van der Waals surface area contributed by atoms with E-state index in [-0.39, 0.29) is 18.1 Å². The van der Waals surface area contributed by atoms with Crippen molar-refractivity contribution < 1.29 is 9.18 Å². The number of rotatable bonds is 4. The van der Waals surface area contributed by atoms with Gasteiger partial charge in [0.25, 0.3) is 0 Å². The normalized spacial score (nSPS) is 10.4. The summed E-state index contributed by atoms with van der Waals surface area (Å²) < 4.78 is 12.8. The van der Waals surface area contributed by atoms with E-state index in [1.807, 2.05) is 0 Å². The number of tetrazole rings is 1. The first kappa shape index (κ1) is 13.9. The van der Waals surface area contributed by atoms with Crippen molar-refractivity contribution >= 4 is 11.6 Å². The van der Waals surface area contributed by atoms with E-state index in [4.69, 9.17) is 0 Å². The Hall–Kier alpha value is -3.09. The molecule has 2 aromatic carbocycles. The number of H-pyrrole nitrogens is 1. The van der Waals surface area contributed by atoms with Crippen LogP contribution in [0.3, 0.4) is 0 Å². The molecule has 1 aromatic heterocycles. The van der Waals surface area contributed by atoms with Crippen LogP contribution in [-0.4, -0.2) is 26.5 Å². The molecule has 0 aliphatic rings. The van der Waals surface area contributed by atoms with Gasteiger partial charge in [-0.25, -0.2) is 4.39 Å². The van der Waals surface area contributed by atoms with E-state index in [0.717, 1.165) is 11.1 Å². The molecule has 0 spiro atoms. The lowest BCUT2D eigenvalue weighted by atomic mass is 10.1. The highest BCUT2D eigenvalue weighted by atomic mass is 19.1. The molecule has 1 heterocycles. The summed E-state index contributed by atoms with van der Waals surface area (Å²) in [5, 5.41) is 16.4. The maximum absolute atomic E-state index is 12.8. The molecule has 0 radical (unpaired) electrons. The Bertz CT molecular complexity index is 754. The third kappa shape index (κ3) is 3.32. The highest BCUT2D eigenvalue weighted by Crippen LogP contribution is 2.17. The smallest absolute Gasteiger partial charge is 0.228 e. The minimum atomic E-state index is -0.318. The fourth-order valence-corrected chi connectivity index (χ4v) is 1.98. The van der Waals surface area contributed by atoms with Crippen LogP contribution in [0.5, 0.6) is 0 Å². The Morgan fingerprint density at radius 3 is 2.45 bits per heavy atom. The predicted octanol–water partition coefficient (Wildman–Crippen LogP) is 2.19. The van der Waals surface area contributed by atoms with Crippen LogP contribution in [0.1, 0.15) is 5.56 Å². The molecule has 0 fully saturated rings. The number of hydrogen-bond acceptors (Lipinski definition) is 4. The SMILES string of the molecule is O=C(Cc1ccc(F)cc1)Nc1ccc(-c2nn[nH]n2)cc1. The quantitative estimate of drug-likeness (QED) is 0.773. The summed E-state index contributed by atoms with van der Waals surface area (Å²) in [6.45, 7) is 0. The molecule has 0 bridgehead atoms. The number of carbonyl (C=O) groups excluding carboxylic acids is 1. The van der Waals surface area contributed by atoms with Crippen LogP contribution < -0.4 is 5.32 Å². The van der Waals surface area contributed by atoms with E-state index in [1.165, 1.54) is 12.1 Å². The van der Waals surface area contributed by atoms with E-state index in [2.05, 4.69) is 25.9 Å². The second-order valence-electron chi connectivity index (χ2n) is 4.66. The summed E-state index contributed by atoms with van der Waals surface area (Å²) >= 11 is 0. The van der Waals surface area contributed by atoms with E-state index >= 15 is 0 Å². The first-order valence-corrected chi connectivity index (χ1v) is 6.59. The monoisotopic (exact) mass is 297 g/mol. The number of aromatic nitrogens is 4. The van der Waals surface area contributed by atoms with Gasteiger partial charge in [-0.15, -0.1) is 10.2 Å². The molecule has 2 N–H and O–H groups in total. The first-order chi connectivity index (χ1) is 10.7. The zero-order valence-electron chi connectivity index (χ0n) is 11.5. The van der Waals surface area contributed by atoms with Crippen molar-refractivity contribution in [2.75, 3.05) is 5.32 Å². The Morgan fingerprint density at radius 2 is 1.82 bits per heavy atom. The minimum absolute atomic E-state index is 0.168. The molecule has 3 aromatic rings. The molecule has 7 heteroatoms. The van der Waals surface area contributed by atoms with Crippen molar-refractivity contribution in [3.05, 3.63) is 59.9 Å². The zero-order chi connectivity index (χ0) is 15.4. The number of carbonyl (C=O) groups is 1. The van der Waals surface area contributed by atoms with Gasteiger partial charge in [0.1, 0.15) is 5.82 Å². The van der Waals surface area contributed by atoms with Crippen LogP contribution in [0.2, 0.25) is 0 Å². The lowest BCUT2D eigenvalue weighted by molar-refractivity contribution is -0.115. The molecule has 0 aliphatic carbocycles. The van der Waals surface area contributed by atoms with E-state index in [1.54, 1.807) is 36.4 Å². The lowest BCUT2D eigenvalue weighted by Crippen LogP contribution is -2.14. The molecule has 6 nitrogen and oxygen atoms in total. The Morgan fingerprint density at radius 1 is 1.09 bits per heavy atom. The van der Waals surface area contributed by atoms with Gasteiger partial charge in [-0.1, -0.05) is 12.1 Å². The number of aromatic amines is 1. The topological polar surface area (TPSA) is 83.6 Å². The third-order valence-electron chi connectivity index (χ3n) is 3.05. The van der Waals surface area contributed by atoms with Gasteiger partial charge in [-0.2, -0.15) is 5.21 Å². The Kier molecular flexibility index (Phi) is 3.86. The van der Waals surface area contributed by atoms with Gasteiger partial charge in [0.2, 0.25) is 11.7 Å². The summed E-state index contributed by atoms with van der Waals surface area (Å²) in [7, 11) is 0. The molecule has 0 unspecified atom stereocenters. The number of anilines is 1. The molecule has 0 saturated carbocycles. The van der Waals surface area contributed by atoms with Crippen molar-refractivity contribution in [1.29, 1.82) is 0 Å². The molecule has 110 valence electrons. The zero-order valence-corrected chi connectivity index (χ0v) is 11.5. The van der Waals surface area contributed by atoms with Crippen LogP contribution in [-0.2, 0) is 11.2 Å². The van der Waals surface area contributed by atoms with Gasteiger partial charge in [0.15, 0.2) is 0 Å². The van der Waals surface area contributed by atoms with Crippen molar-refractivity contribution in [1.82, 2.24) is 20.6 Å². The van der Waals surface area contributed by atoms with E-state index in [0.29, 0.717) is 11.5 Å². The van der Waals surface area contributed by atoms with E-state index < -0.39 is 0 Å². The maximum Gasteiger partial charge on any atom is 0.228 e. The number of benzene rings is 2. The first-order valence-electron chi connectivity index (χ1n) is 6.59. The Labute approximate surface area is 125 Å². The minimum Gasteiger partial charge on any atom is -0.326 e. The number of nitrogens with zero attached hydrogens (tertiary/aromatic N) is 3. The van der Waals surface area contributed by atoms with Gasteiger partial charge in [-0.3, -0.25) is 4.79 Å². The molecule has 0 aliphatic heterocycles. The van der Waals surface area contributed by atoms with Crippen LogP contribution >= 0.6 is 0 Å². The number of amides is 1. The average Bonchev–Trinajstić information content (AvgIpc) is 3.05. The molecule has 0 atom stereocenters. The summed E-state index contributed by atoms with van der Waals surface area (Å²) in [5.74, 6) is 0.00400. The highest BCUT2D eigenvalue weighted by Gasteiger charge is 2.06. The molecule has 0 saturated heterocycles. The van der Waals surface area contributed by atoms with Crippen LogP contribution in [0.15, 0.2) is 48.5 Å². The maximum atomic E-state index is 12.8. The van der Waals surface area contributed by atoms with Gasteiger partial charge >= 0.3 is 0 Å². The van der Waals surface area contributed by atoms with Crippen molar-refractivity contribution in [2.24, 2.45) is 0 Å². The van der Waals surface area contributed by atoms with Crippen LogP contribution in [0, 0.1) is 5.82 Å². The van der Waals surface area contributed by atoms with Crippen LogP contribution in [0.4, 0.5) is 10.1 Å². The summed E-state index contributed by atoms with van der Waals surface area (Å²) in [6, 6.07) is 13.0. The predicted molar refractivity (Wildman–Crippen MR) is 78.3 cm³/mol. The molecule has 22 heavy (non-hydrogen) atoms. The molecular weight excluding hydrogens is 285 g/mol. The summed E-state index contributed by atoms with van der Waals surface area (Å²) in [5.41, 5.74) is 2.21. The van der Waals surface area contributed by atoms with Crippen LogP contribution in [0.25, 0.3) is 11.4 Å². The summed E-state index contributed by atoms with van der Waals surface area (Å²) in [6.07, 6.45) is 0.187. The Balaban J connectivity index is 1.63. The molecule has 3 rings (SSSR count). The lowest BCUT2D eigenvalue weighted by Gasteiger charge is -2.06.